The van der Waals surface area contributed by atoms with Gasteiger partial charge in [0.15, 0.2) is 0 Å². The van der Waals surface area contributed by atoms with Crippen LogP contribution in [0.5, 0.6) is 0 Å². The summed E-state index contributed by atoms with van der Waals surface area (Å²) in [4.78, 5) is 14.9. The van der Waals surface area contributed by atoms with Crippen molar-refractivity contribution >= 4 is 15.9 Å². The topological polar surface area (TPSA) is 57.7 Å². The molecule has 120 valence electrons. The third-order valence-electron chi connectivity index (χ3n) is 5.55. The highest BCUT2D eigenvalue weighted by molar-refractivity contribution is 7.88. The third kappa shape index (κ3) is 3.11. The molecule has 2 heterocycles. The van der Waals surface area contributed by atoms with Crippen LogP contribution in [0.1, 0.15) is 44.9 Å². The zero-order valence-corrected chi connectivity index (χ0v) is 13.6. The van der Waals surface area contributed by atoms with Gasteiger partial charge < -0.3 is 4.90 Å². The molecule has 0 radical (unpaired) electrons. The van der Waals surface area contributed by atoms with Crippen molar-refractivity contribution in [2.24, 2.45) is 11.8 Å². The van der Waals surface area contributed by atoms with E-state index in [4.69, 9.17) is 0 Å². The van der Waals surface area contributed by atoms with Crippen LogP contribution in [0.15, 0.2) is 0 Å². The first-order chi connectivity index (χ1) is 9.97. The van der Waals surface area contributed by atoms with Crippen molar-refractivity contribution in [2.75, 3.05) is 25.9 Å². The molecule has 0 aromatic rings. The van der Waals surface area contributed by atoms with Gasteiger partial charge in [-0.05, 0) is 44.4 Å². The van der Waals surface area contributed by atoms with Crippen LogP contribution in [0.25, 0.3) is 0 Å². The van der Waals surface area contributed by atoms with E-state index in [1.807, 2.05) is 0 Å². The number of piperidine rings is 1. The van der Waals surface area contributed by atoms with Gasteiger partial charge in [0, 0.05) is 31.6 Å². The zero-order valence-electron chi connectivity index (χ0n) is 12.8. The lowest BCUT2D eigenvalue weighted by atomic mass is 9.78. The molecule has 21 heavy (non-hydrogen) atoms. The predicted octanol–water partition coefficient (Wildman–Crippen LogP) is 1.45. The minimum atomic E-state index is -3.10. The van der Waals surface area contributed by atoms with Crippen molar-refractivity contribution in [3.05, 3.63) is 0 Å². The maximum atomic E-state index is 12.8. The molecule has 2 aliphatic heterocycles. The Hall–Kier alpha value is -0.620. The minimum Gasteiger partial charge on any atom is -0.339 e. The first-order valence-electron chi connectivity index (χ1n) is 8.22. The molecule has 1 atom stereocenters. The van der Waals surface area contributed by atoms with Crippen LogP contribution in [0.3, 0.4) is 0 Å². The lowest BCUT2D eigenvalue weighted by Gasteiger charge is -2.39. The smallest absolute Gasteiger partial charge is 0.226 e. The number of sulfonamides is 1. The molecule has 1 amide bonds. The molecule has 3 rings (SSSR count). The second kappa shape index (κ2) is 5.88. The van der Waals surface area contributed by atoms with Crippen LogP contribution in [0, 0.1) is 11.8 Å². The molecule has 0 N–H and O–H groups in total. The Balaban J connectivity index is 1.58. The van der Waals surface area contributed by atoms with Crippen molar-refractivity contribution in [2.45, 2.75) is 51.0 Å². The quantitative estimate of drug-likeness (QED) is 0.792. The largest absolute Gasteiger partial charge is 0.339 e. The standard InChI is InChI=1S/C15H26N2O3S/c1-21(19,20)16-10-7-13(8-11-16)15(18)17-9-3-6-14(17)12-4-2-5-12/h12-14H,2-11H2,1H3. The molecule has 1 unspecified atom stereocenters. The van der Waals surface area contributed by atoms with Gasteiger partial charge in [0.1, 0.15) is 0 Å². The number of amides is 1. The summed E-state index contributed by atoms with van der Waals surface area (Å²) in [5.74, 6) is 1.05. The first-order valence-corrected chi connectivity index (χ1v) is 10.1. The summed E-state index contributed by atoms with van der Waals surface area (Å²) < 4.78 is 24.6. The molecule has 0 spiro atoms. The van der Waals surface area contributed by atoms with Crippen molar-refractivity contribution in [3.8, 4) is 0 Å². The van der Waals surface area contributed by atoms with E-state index in [9.17, 15) is 13.2 Å². The Morgan fingerprint density at radius 1 is 0.952 bits per heavy atom. The molecular formula is C15H26N2O3S. The monoisotopic (exact) mass is 314 g/mol. The fourth-order valence-corrected chi connectivity index (χ4v) is 4.92. The number of hydrogen-bond acceptors (Lipinski definition) is 3. The van der Waals surface area contributed by atoms with Crippen molar-refractivity contribution in [1.82, 2.24) is 9.21 Å². The lowest BCUT2D eigenvalue weighted by molar-refractivity contribution is -0.139. The molecule has 1 aliphatic carbocycles. The van der Waals surface area contributed by atoms with Crippen LogP contribution in [0.2, 0.25) is 0 Å². The summed E-state index contributed by atoms with van der Waals surface area (Å²) in [7, 11) is -3.10. The van der Waals surface area contributed by atoms with E-state index in [0.717, 1.165) is 18.9 Å². The van der Waals surface area contributed by atoms with E-state index >= 15 is 0 Å². The Labute approximate surface area is 127 Å². The van der Waals surface area contributed by atoms with E-state index < -0.39 is 10.0 Å². The predicted molar refractivity (Wildman–Crippen MR) is 81.2 cm³/mol. The third-order valence-corrected chi connectivity index (χ3v) is 6.85. The van der Waals surface area contributed by atoms with Gasteiger partial charge in [0.2, 0.25) is 15.9 Å². The number of rotatable bonds is 3. The Kier molecular flexibility index (Phi) is 4.28. The lowest BCUT2D eigenvalue weighted by Crippen LogP contribution is -2.48. The molecule has 3 aliphatic rings. The van der Waals surface area contributed by atoms with Crippen molar-refractivity contribution in [1.29, 1.82) is 0 Å². The maximum absolute atomic E-state index is 12.8. The second-order valence-corrected chi connectivity index (χ2v) is 8.85. The Morgan fingerprint density at radius 2 is 1.62 bits per heavy atom. The molecule has 3 fully saturated rings. The van der Waals surface area contributed by atoms with Gasteiger partial charge in [-0.25, -0.2) is 12.7 Å². The normalized spacial score (nSPS) is 29.6. The van der Waals surface area contributed by atoms with Crippen LogP contribution >= 0.6 is 0 Å². The minimum absolute atomic E-state index is 0.0312. The summed E-state index contributed by atoms with van der Waals surface area (Å²) in [5.41, 5.74) is 0. The molecule has 0 aromatic carbocycles. The highest BCUT2D eigenvalue weighted by Crippen LogP contribution is 2.38. The molecule has 0 aromatic heterocycles. The van der Waals surface area contributed by atoms with Gasteiger partial charge in [-0.3, -0.25) is 4.79 Å². The molecule has 0 bridgehead atoms. The zero-order chi connectivity index (χ0) is 15.0. The highest BCUT2D eigenvalue weighted by atomic mass is 32.2. The average molecular weight is 314 g/mol. The SMILES string of the molecule is CS(=O)(=O)N1CCC(C(=O)N2CCCC2C2CCC2)CC1. The summed E-state index contributed by atoms with van der Waals surface area (Å²) in [6.45, 7) is 1.90. The molecule has 1 saturated carbocycles. The second-order valence-electron chi connectivity index (χ2n) is 6.87. The number of nitrogens with zero attached hydrogens (tertiary/aromatic N) is 2. The van der Waals surface area contributed by atoms with Gasteiger partial charge in [-0.15, -0.1) is 0 Å². The average Bonchev–Trinajstić information content (AvgIpc) is 2.84. The molecule has 2 saturated heterocycles. The summed E-state index contributed by atoms with van der Waals surface area (Å²) >= 11 is 0. The van der Waals surface area contributed by atoms with E-state index in [-0.39, 0.29) is 11.8 Å². The molecular weight excluding hydrogens is 288 g/mol. The van der Waals surface area contributed by atoms with Crippen LogP contribution < -0.4 is 0 Å². The summed E-state index contributed by atoms with van der Waals surface area (Å²) in [5, 5.41) is 0. The van der Waals surface area contributed by atoms with E-state index in [1.165, 1.54) is 36.2 Å². The van der Waals surface area contributed by atoms with Gasteiger partial charge >= 0.3 is 0 Å². The number of likely N-dealkylation sites (tertiary alicyclic amines) is 1. The van der Waals surface area contributed by atoms with Crippen molar-refractivity contribution in [3.63, 3.8) is 0 Å². The number of hydrogen-bond donors (Lipinski definition) is 0. The summed E-state index contributed by atoms with van der Waals surface area (Å²) in [6, 6.07) is 0.471. The van der Waals surface area contributed by atoms with Crippen molar-refractivity contribution < 1.29 is 13.2 Å². The van der Waals surface area contributed by atoms with E-state index in [1.54, 1.807) is 0 Å². The van der Waals surface area contributed by atoms with Gasteiger partial charge in [-0.1, -0.05) is 6.42 Å². The first kappa shape index (κ1) is 15.3. The highest BCUT2D eigenvalue weighted by Gasteiger charge is 2.40. The van der Waals surface area contributed by atoms with E-state index in [2.05, 4.69) is 4.90 Å². The summed E-state index contributed by atoms with van der Waals surface area (Å²) in [6.07, 6.45) is 8.79. The van der Waals surface area contributed by atoms with Crippen LogP contribution in [0.4, 0.5) is 0 Å². The maximum Gasteiger partial charge on any atom is 0.226 e. The van der Waals surface area contributed by atoms with Gasteiger partial charge in [-0.2, -0.15) is 0 Å². The van der Waals surface area contributed by atoms with Gasteiger partial charge in [0.05, 0.1) is 6.26 Å². The fraction of sp³-hybridized carbons (Fsp3) is 0.933. The molecule has 5 nitrogen and oxygen atoms in total. The Morgan fingerprint density at radius 3 is 2.14 bits per heavy atom. The van der Waals surface area contributed by atoms with E-state index in [0.29, 0.717) is 32.0 Å². The van der Waals surface area contributed by atoms with Gasteiger partial charge in [0.25, 0.3) is 0 Å². The number of carbonyl (C=O) groups excluding carboxylic acids is 1. The van der Waals surface area contributed by atoms with Crippen LogP contribution in [-0.2, 0) is 14.8 Å². The molecule has 6 heteroatoms. The van der Waals surface area contributed by atoms with Crippen LogP contribution in [-0.4, -0.2) is 55.5 Å². The fourth-order valence-electron chi connectivity index (χ4n) is 4.05. The Bertz CT molecular complexity index is 493. The number of carbonyl (C=O) groups is 1.